The number of ether oxygens (including phenoxy) is 1. The van der Waals surface area contributed by atoms with Crippen molar-refractivity contribution >= 4 is 17.2 Å². The number of piperidine rings is 1. The minimum absolute atomic E-state index is 0.112. The maximum absolute atomic E-state index is 12.7. The first kappa shape index (κ1) is 19.6. The standard InChI is InChI=1S/C23H25N3O2S/c1-16-22(29-15-24-16)23(27)26-12-10-17(11-13-26)20-8-5-7-19(25-20)14-18-6-3-4-9-21(18)28-2/h3-9,15,17H,10-14H2,1-2H3. The van der Waals surface area contributed by atoms with Gasteiger partial charge in [-0.15, -0.1) is 11.3 Å². The summed E-state index contributed by atoms with van der Waals surface area (Å²) in [7, 11) is 1.70. The van der Waals surface area contributed by atoms with Crippen molar-refractivity contribution < 1.29 is 9.53 Å². The molecule has 0 saturated carbocycles. The Bertz CT molecular complexity index is 993. The van der Waals surface area contributed by atoms with Gasteiger partial charge in [0.2, 0.25) is 0 Å². The molecular formula is C23H25N3O2S. The van der Waals surface area contributed by atoms with E-state index in [4.69, 9.17) is 9.72 Å². The average molecular weight is 408 g/mol. The van der Waals surface area contributed by atoms with Crippen LogP contribution in [0, 0.1) is 6.92 Å². The zero-order chi connectivity index (χ0) is 20.2. The molecule has 0 aliphatic carbocycles. The number of carbonyl (C=O) groups excluding carboxylic acids is 1. The van der Waals surface area contributed by atoms with E-state index in [1.165, 1.54) is 11.3 Å². The molecule has 150 valence electrons. The molecule has 1 aliphatic rings. The lowest BCUT2D eigenvalue weighted by Gasteiger charge is -2.31. The number of hydrogen-bond donors (Lipinski definition) is 0. The van der Waals surface area contributed by atoms with Gasteiger partial charge in [-0.05, 0) is 38.0 Å². The fraction of sp³-hybridized carbons (Fsp3) is 0.348. The molecule has 1 fully saturated rings. The molecule has 29 heavy (non-hydrogen) atoms. The van der Waals surface area contributed by atoms with Crippen molar-refractivity contribution in [3.8, 4) is 5.75 Å². The first-order chi connectivity index (χ1) is 14.2. The first-order valence-corrected chi connectivity index (χ1v) is 10.8. The van der Waals surface area contributed by atoms with E-state index in [-0.39, 0.29) is 5.91 Å². The summed E-state index contributed by atoms with van der Waals surface area (Å²) >= 11 is 1.43. The zero-order valence-electron chi connectivity index (χ0n) is 16.8. The fourth-order valence-corrected chi connectivity index (χ4v) is 4.67. The van der Waals surface area contributed by atoms with Crippen LogP contribution in [0.15, 0.2) is 48.0 Å². The number of thiazole rings is 1. The molecule has 6 heteroatoms. The molecule has 4 rings (SSSR count). The monoisotopic (exact) mass is 407 g/mol. The number of rotatable bonds is 5. The summed E-state index contributed by atoms with van der Waals surface area (Å²) < 4.78 is 5.47. The Hall–Kier alpha value is -2.73. The molecule has 0 N–H and O–H groups in total. The number of nitrogens with zero attached hydrogens (tertiary/aromatic N) is 3. The van der Waals surface area contributed by atoms with E-state index < -0.39 is 0 Å². The van der Waals surface area contributed by atoms with Gasteiger partial charge in [-0.1, -0.05) is 24.3 Å². The average Bonchev–Trinajstić information content (AvgIpc) is 3.20. The molecule has 3 aromatic rings. The molecule has 1 amide bonds. The van der Waals surface area contributed by atoms with Crippen LogP contribution in [0.3, 0.4) is 0 Å². The first-order valence-electron chi connectivity index (χ1n) is 9.93. The minimum atomic E-state index is 0.112. The zero-order valence-corrected chi connectivity index (χ0v) is 17.6. The van der Waals surface area contributed by atoms with Gasteiger partial charge in [0.05, 0.1) is 18.3 Å². The molecule has 0 radical (unpaired) electrons. The minimum Gasteiger partial charge on any atom is -0.496 e. The van der Waals surface area contributed by atoms with Gasteiger partial charge < -0.3 is 9.64 Å². The summed E-state index contributed by atoms with van der Waals surface area (Å²) in [5.41, 5.74) is 5.88. The third-order valence-electron chi connectivity index (χ3n) is 5.53. The van der Waals surface area contributed by atoms with Gasteiger partial charge in [0.25, 0.3) is 5.91 Å². The number of amides is 1. The van der Waals surface area contributed by atoms with E-state index in [0.29, 0.717) is 5.92 Å². The highest BCUT2D eigenvalue weighted by Gasteiger charge is 2.27. The number of carbonyl (C=O) groups is 1. The second kappa shape index (κ2) is 8.74. The maximum atomic E-state index is 12.7. The van der Waals surface area contributed by atoms with E-state index in [2.05, 4.69) is 29.2 Å². The number of pyridine rings is 1. The summed E-state index contributed by atoms with van der Waals surface area (Å²) in [6.07, 6.45) is 2.63. The number of hydrogen-bond acceptors (Lipinski definition) is 5. The fourth-order valence-electron chi connectivity index (χ4n) is 3.90. The second-order valence-corrected chi connectivity index (χ2v) is 8.23. The lowest BCUT2D eigenvalue weighted by Crippen LogP contribution is -2.38. The third-order valence-corrected chi connectivity index (χ3v) is 6.45. The van der Waals surface area contributed by atoms with Crippen LogP contribution in [0.4, 0.5) is 0 Å². The Morgan fingerprint density at radius 3 is 2.69 bits per heavy atom. The molecule has 1 aromatic carbocycles. The highest BCUT2D eigenvalue weighted by atomic mass is 32.1. The third kappa shape index (κ3) is 4.32. The molecule has 0 bridgehead atoms. The van der Waals surface area contributed by atoms with Crippen LogP contribution in [0.25, 0.3) is 0 Å². The molecule has 0 atom stereocenters. The second-order valence-electron chi connectivity index (χ2n) is 7.38. The van der Waals surface area contributed by atoms with E-state index >= 15 is 0 Å². The van der Waals surface area contributed by atoms with Gasteiger partial charge in [0, 0.05) is 42.4 Å². The van der Waals surface area contributed by atoms with Crippen molar-refractivity contribution in [3.63, 3.8) is 0 Å². The predicted molar refractivity (Wildman–Crippen MR) is 115 cm³/mol. The van der Waals surface area contributed by atoms with Gasteiger partial charge in [-0.3, -0.25) is 9.78 Å². The molecule has 0 spiro atoms. The number of aryl methyl sites for hydroxylation is 1. The molecule has 0 unspecified atom stereocenters. The van der Waals surface area contributed by atoms with Crippen LogP contribution in [0.2, 0.25) is 0 Å². The van der Waals surface area contributed by atoms with Gasteiger partial charge in [-0.25, -0.2) is 4.98 Å². The van der Waals surface area contributed by atoms with Crippen molar-refractivity contribution in [2.75, 3.05) is 20.2 Å². The Kier molecular flexibility index (Phi) is 5.90. The van der Waals surface area contributed by atoms with Gasteiger partial charge in [0.1, 0.15) is 10.6 Å². The largest absolute Gasteiger partial charge is 0.496 e. The summed E-state index contributed by atoms with van der Waals surface area (Å²) in [6.45, 7) is 3.42. The SMILES string of the molecule is COc1ccccc1Cc1cccc(C2CCN(C(=O)c3scnc3C)CC2)n1. The van der Waals surface area contributed by atoms with Crippen LogP contribution in [-0.2, 0) is 6.42 Å². The van der Waals surface area contributed by atoms with Crippen molar-refractivity contribution in [2.24, 2.45) is 0 Å². The lowest BCUT2D eigenvalue weighted by molar-refractivity contribution is 0.0716. The Balaban J connectivity index is 1.42. The number of aromatic nitrogens is 2. The van der Waals surface area contributed by atoms with Crippen LogP contribution in [0.5, 0.6) is 5.75 Å². The van der Waals surface area contributed by atoms with E-state index in [1.54, 1.807) is 12.6 Å². The number of likely N-dealkylation sites (tertiary alicyclic amines) is 1. The molecule has 3 heterocycles. The smallest absolute Gasteiger partial charge is 0.265 e. The Morgan fingerprint density at radius 1 is 1.17 bits per heavy atom. The summed E-state index contributed by atoms with van der Waals surface area (Å²) in [5, 5.41) is 0. The summed E-state index contributed by atoms with van der Waals surface area (Å²) in [5.74, 6) is 1.39. The van der Waals surface area contributed by atoms with Gasteiger partial charge in [0.15, 0.2) is 0 Å². The van der Waals surface area contributed by atoms with Crippen LogP contribution in [-0.4, -0.2) is 41.0 Å². The highest BCUT2D eigenvalue weighted by Crippen LogP contribution is 2.29. The van der Waals surface area contributed by atoms with E-state index in [9.17, 15) is 4.79 Å². The van der Waals surface area contributed by atoms with Gasteiger partial charge >= 0.3 is 0 Å². The summed E-state index contributed by atoms with van der Waals surface area (Å²) in [4.78, 5) is 24.6. The number of benzene rings is 1. The van der Waals surface area contributed by atoms with Crippen molar-refractivity contribution in [1.29, 1.82) is 0 Å². The molecule has 1 saturated heterocycles. The maximum Gasteiger partial charge on any atom is 0.265 e. The Labute approximate surface area is 175 Å². The van der Waals surface area contributed by atoms with E-state index in [0.717, 1.165) is 65.6 Å². The predicted octanol–water partition coefficient (Wildman–Crippen LogP) is 4.47. The number of para-hydroxylation sites is 1. The molecular weight excluding hydrogens is 382 g/mol. The molecule has 1 aliphatic heterocycles. The van der Waals surface area contributed by atoms with Crippen molar-refractivity contribution in [1.82, 2.24) is 14.9 Å². The molecule has 5 nitrogen and oxygen atoms in total. The normalized spacial score (nSPS) is 14.8. The Morgan fingerprint density at radius 2 is 1.97 bits per heavy atom. The highest BCUT2D eigenvalue weighted by molar-refractivity contribution is 7.11. The van der Waals surface area contributed by atoms with Crippen LogP contribution in [0.1, 0.15) is 51.1 Å². The van der Waals surface area contributed by atoms with Crippen molar-refractivity contribution in [2.45, 2.75) is 32.1 Å². The summed E-state index contributed by atoms with van der Waals surface area (Å²) in [6, 6.07) is 14.3. The lowest BCUT2D eigenvalue weighted by atomic mass is 9.92. The van der Waals surface area contributed by atoms with Gasteiger partial charge in [-0.2, -0.15) is 0 Å². The molecule has 2 aromatic heterocycles. The van der Waals surface area contributed by atoms with Crippen LogP contribution < -0.4 is 4.74 Å². The topological polar surface area (TPSA) is 55.3 Å². The van der Waals surface area contributed by atoms with Crippen LogP contribution >= 0.6 is 11.3 Å². The van der Waals surface area contributed by atoms with E-state index in [1.807, 2.05) is 30.0 Å². The van der Waals surface area contributed by atoms with Crippen molar-refractivity contribution in [3.05, 3.63) is 75.5 Å². The quantitative estimate of drug-likeness (QED) is 0.626. The number of methoxy groups -OCH3 is 1.